The zero-order valence-corrected chi connectivity index (χ0v) is 22.4. The van der Waals surface area contributed by atoms with Gasteiger partial charge in [-0.3, -0.25) is 24.9 Å². The molecule has 3 rings (SSSR count). The number of aryl methyl sites for hydroxylation is 1. The fraction of sp³-hybridized carbons (Fsp3) is 0.259. The lowest BCUT2D eigenvalue weighted by Crippen LogP contribution is -2.47. The monoisotopic (exact) mass is 577 g/mol. The number of benzene rings is 2. The molecule has 3 amide bonds. The Labute approximate surface area is 232 Å². The van der Waals surface area contributed by atoms with Gasteiger partial charge < -0.3 is 11.1 Å². The highest BCUT2D eigenvalue weighted by atomic mass is 19.3. The first-order valence-electron chi connectivity index (χ1n) is 12.2. The number of rotatable bonds is 8. The van der Waals surface area contributed by atoms with E-state index in [-0.39, 0.29) is 23.3 Å². The van der Waals surface area contributed by atoms with Gasteiger partial charge in [0.15, 0.2) is 11.6 Å². The Morgan fingerprint density at radius 2 is 1.85 bits per heavy atom. The summed E-state index contributed by atoms with van der Waals surface area (Å²) < 4.78 is 66.9. The van der Waals surface area contributed by atoms with Crippen molar-refractivity contribution in [3.63, 3.8) is 0 Å². The molecule has 0 spiro atoms. The van der Waals surface area contributed by atoms with E-state index in [0.717, 1.165) is 16.7 Å². The van der Waals surface area contributed by atoms with Gasteiger partial charge in [0.25, 0.3) is 6.43 Å². The SMILES string of the molecule is CC1=CC(N(C)C(=O)NC(=Nc2cc(C=NCC(F)F)c(N)cc2C)N(C=O)Cc2cc(F)c(F)cc2F)=CNC1. The van der Waals surface area contributed by atoms with Crippen LogP contribution in [0, 0.1) is 24.4 Å². The summed E-state index contributed by atoms with van der Waals surface area (Å²) in [4.78, 5) is 35.4. The fourth-order valence-electron chi connectivity index (χ4n) is 3.66. The van der Waals surface area contributed by atoms with Gasteiger partial charge in [0.2, 0.25) is 12.4 Å². The molecule has 0 saturated carbocycles. The molecule has 0 saturated heterocycles. The van der Waals surface area contributed by atoms with Crippen molar-refractivity contribution in [3.05, 3.63) is 82.0 Å². The van der Waals surface area contributed by atoms with E-state index in [1.165, 1.54) is 24.1 Å². The molecule has 41 heavy (non-hydrogen) atoms. The van der Waals surface area contributed by atoms with E-state index in [1.54, 1.807) is 19.2 Å². The zero-order chi connectivity index (χ0) is 30.3. The standard InChI is InChI=1S/C27H28F5N7O2/c1-15-4-19(11-34-9-15)38(3)27(41)37-26(39(14-40)13-18-6-21(29)22(30)8-20(18)28)36-24-7-17(10-35-12-25(31)32)23(33)5-16(24)2/h4-8,10-11,14,25,34H,9,12-13,33H2,1-3H3,(H,36,37,41). The first-order valence-corrected chi connectivity index (χ1v) is 12.2. The first kappa shape index (κ1) is 30.8. The number of likely N-dealkylation sites (N-methyl/N-ethyl adjacent to an activating group) is 1. The number of amides is 3. The Bertz CT molecular complexity index is 1440. The van der Waals surface area contributed by atoms with Crippen molar-refractivity contribution in [2.75, 3.05) is 25.9 Å². The number of guanidine groups is 1. The molecule has 1 aliphatic heterocycles. The summed E-state index contributed by atoms with van der Waals surface area (Å²) in [5.74, 6) is -4.27. The Hall–Kier alpha value is -4.75. The van der Waals surface area contributed by atoms with E-state index in [2.05, 4.69) is 20.6 Å². The maximum atomic E-state index is 14.4. The highest BCUT2D eigenvalue weighted by Gasteiger charge is 2.22. The molecule has 0 atom stereocenters. The van der Waals surface area contributed by atoms with Crippen LogP contribution in [0.2, 0.25) is 0 Å². The van der Waals surface area contributed by atoms with E-state index >= 15 is 0 Å². The number of hydrogen-bond acceptors (Lipinski definition) is 6. The number of aliphatic imine (C=N–C) groups is 2. The summed E-state index contributed by atoms with van der Waals surface area (Å²) in [6, 6.07) is 3.07. The predicted molar refractivity (Wildman–Crippen MR) is 145 cm³/mol. The Morgan fingerprint density at radius 3 is 2.51 bits per heavy atom. The number of allylic oxidation sites excluding steroid dienone is 1. The fourth-order valence-corrected chi connectivity index (χ4v) is 3.66. The third-order valence-corrected chi connectivity index (χ3v) is 5.87. The maximum absolute atomic E-state index is 14.4. The van der Waals surface area contributed by atoms with Crippen LogP contribution in [-0.4, -0.2) is 61.0 Å². The molecule has 2 aromatic carbocycles. The number of halogens is 5. The quantitative estimate of drug-likeness (QED) is 0.108. The van der Waals surface area contributed by atoms with Crippen LogP contribution >= 0.6 is 0 Å². The number of carbonyl (C=O) groups is 2. The minimum Gasteiger partial charge on any atom is -0.398 e. The van der Waals surface area contributed by atoms with E-state index < -0.39 is 54.5 Å². The molecular formula is C27H28F5N7O2. The van der Waals surface area contributed by atoms with Crippen molar-refractivity contribution >= 4 is 36.0 Å². The van der Waals surface area contributed by atoms with Gasteiger partial charge in [-0.05, 0) is 43.7 Å². The topological polar surface area (TPSA) is 115 Å². The van der Waals surface area contributed by atoms with Gasteiger partial charge in [-0.1, -0.05) is 5.57 Å². The van der Waals surface area contributed by atoms with E-state index in [0.29, 0.717) is 29.9 Å². The highest BCUT2D eigenvalue weighted by Crippen LogP contribution is 2.25. The smallest absolute Gasteiger partial charge is 0.328 e. The largest absolute Gasteiger partial charge is 0.398 e. The Morgan fingerprint density at radius 1 is 1.15 bits per heavy atom. The normalized spacial score (nSPS) is 13.5. The van der Waals surface area contributed by atoms with Gasteiger partial charge >= 0.3 is 6.03 Å². The number of nitrogens with zero attached hydrogens (tertiary/aromatic N) is 4. The third-order valence-electron chi connectivity index (χ3n) is 5.87. The molecule has 2 aromatic rings. The summed E-state index contributed by atoms with van der Waals surface area (Å²) in [5.41, 5.74) is 8.09. The van der Waals surface area contributed by atoms with Crippen LogP contribution in [0.25, 0.3) is 0 Å². The van der Waals surface area contributed by atoms with Crippen LogP contribution < -0.4 is 16.4 Å². The number of hydrogen-bond donors (Lipinski definition) is 3. The predicted octanol–water partition coefficient (Wildman–Crippen LogP) is 4.36. The molecule has 0 radical (unpaired) electrons. The molecule has 4 N–H and O–H groups in total. The average molecular weight is 578 g/mol. The molecule has 0 aliphatic carbocycles. The maximum Gasteiger partial charge on any atom is 0.328 e. The Kier molecular flexibility index (Phi) is 10.2. The van der Waals surface area contributed by atoms with E-state index in [1.807, 2.05) is 6.92 Å². The third kappa shape index (κ3) is 8.13. The summed E-state index contributed by atoms with van der Waals surface area (Å²) in [7, 11) is 1.46. The zero-order valence-electron chi connectivity index (χ0n) is 22.4. The number of nitrogens with one attached hydrogen (secondary N) is 2. The first-order chi connectivity index (χ1) is 19.4. The van der Waals surface area contributed by atoms with Gasteiger partial charge in [-0.25, -0.2) is 31.7 Å². The molecule has 1 aliphatic rings. The molecule has 1 heterocycles. The number of nitrogen functional groups attached to an aromatic ring is 1. The van der Waals surface area contributed by atoms with Gasteiger partial charge in [-0.15, -0.1) is 0 Å². The number of dihydropyridines is 1. The molecule has 0 bridgehead atoms. The lowest BCUT2D eigenvalue weighted by atomic mass is 10.1. The van der Waals surface area contributed by atoms with E-state index in [9.17, 15) is 31.5 Å². The molecule has 9 nitrogen and oxygen atoms in total. The van der Waals surface area contributed by atoms with Crippen LogP contribution in [0.4, 0.5) is 38.1 Å². The average Bonchev–Trinajstić information content (AvgIpc) is 2.91. The summed E-state index contributed by atoms with van der Waals surface area (Å²) in [5, 5.41) is 5.50. The second kappa shape index (κ2) is 13.5. The van der Waals surface area contributed by atoms with E-state index in [4.69, 9.17) is 5.73 Å². The number of urea groups is 1. The number of carbonyl (C=O) groups excluding carboxylic acids is 2. The number of alkyl halides is 2. The van der Waals surface area contributed by atoms with Crippen molar-refractivity contribution in [2.45, 2.75) is 26.8 Å². The molecule has 0 fully saturated rings. The lowest BCUT2D eigenvalue weighted by Gasteiger charge is -2.26. The van der Waals surface area contributed by atoms with Crippen LogP contribution in [0.3, 0.4) is 0 Å². The van der Waals surface area contributed by atoms with Crippen LogP contribution in [0.1, 0.15) is 23.6 Å². The van der Waals surface area contributed by atoms with Crippen LogP contribution in [0.15, 0.2) is 57.8 Å². The molecule has 0 unspecified atom stereocenters. The highest BCUT2D eigenvalue weighted by molar-refractivity contribution is 6.02. The van der Waals surface area contributed by atoms with Crippen molar-refractivity contribution < 1.29 is 31.5 Å². The van der Waals surface area contributed by atoms with Crippen LogP contribution in [0.5, 0.6) is 0 Å². The summed E-state index contributed by atoms with van der Waals surface area (Å²) in [6.45, 7) is 2.68. The minimum absolute atomic E-state index is 0.155. The molecule has 0 aromatic heterocycles. The molecular weight excluding hydrogens is 549 g/mol. The van der Waals surface area contributed by atoms with Gasteiger partial charge in [-0.2, -0.15) is 0 Å². The van der Waals surface area contributed by atoms with Gasteiger partial charge in [0.1, 0.15) is 5.82 Å². The van der Waals surface area contributed by atoms with Gasteiger partial charge in [0.05, 0.1) is 24.5 Å². The summed E-state index contributed by atoms with van der Waals surface area (Å²) in [6.07, 6.45) is 2.06. The minimum atomic E-state index is -2.67. The Balaban J connectivity index is 2.05. The molecule has 14 heteroatoms. The van der Waals surface area contributed by atoms with Crippen molar-refractivity contribution in [1.29, 1.82) is 0 Å². The van der Waals surface area contributed by atoms with Crippen molar-refractivity contribution in [2.24, 2.45) is 9.98 Å². The second-order valence-electron chi connectivity index (χ2n) is 9.11. The summed E-state index contributed by atoms with van der Waals surface area (Å²) >= 11 is 0. The molecule has 218 valence electrons. The van der Waals surface area contributed by atoms with Crippen molar-refractivity contribution in [3.8, 4) is 0 Å². The number of anilines is 1. The van der Waals surface area contributed by atoms with Crippen LogP contribution in [-0.2, 0) is 11.3 Å². The van der Waals surface area contributed by atoms with Gasteiger partial charge in [0, 0.05) is 48.9 Å². The lowest BCUT2D eigenvalue weighted by molar-refractivity contribution is -0.115. The number of nitrogens with two attached hydrogens (primary N) is 1. The van der Waals surface area contributed by atoms with Crippen molar-refractivity contribution in [1.82, 2.24) is 20.4 Å². The second-order valence-corrected chi connectivity index (χ2v) is 9.11.